The summed E-state index contributed by atoms with van der Waals surface area (Å²) in [5.74, 6) is 0.904. The fourth-order valence-electron chi connectivity index (χ4n) is 3.08. The van der Waals surface area contributed by atoms with Crippen LogP contribution in [0.2, 0.25) is 0 Å². The third-order valence-corrected chi connectivity index (χ3v) is 4.37. The summed E-state index contributed by atoms with van der Waals surface area (Å²) in [6.07, 6.45) is 0. The first-order chi connectivity index (χ1) is 10.7. The lowest BCUT2D eigenvalue weighted by molar-refractivity contribution is 0.0978. The second-order valence-electron chi connectivity index (χ2n) is 5.97. The van der Waals surface area contributed by atoms with Crippen molar-refractivity contribution in [1.82, 2.24) is 10.2 Å². The van der Waals surface area contributed by atoms with Crippen molar-refractivity contribution in [3.63, 3.8) is 0 Å². The van der Waals surface area contributed by atoms with E-state index in [1.165, 1.54) is 0 Å². The maximum absolute atomic E-state index is 5.86. The van der Waals surface area contributed by atoms with Gasteiger partial charge >= 0.3 is 0 Å². The van der Waals surface area contributed by atoms with Gasteiger partial charge in [-0.25, -0.2) is 0 Å². The fourth-order valence-corrected chi connectivity index (χ4v) is 3.08. The van der Waals surface area contributed by atoms with E-state index >= 15 is 0 Å². The molecule has 2 N–H and O–H groups in total. The molecule has 1 aromatic heterocycles. The summed E-state index contributed by atoms with van der Waals surface area (Å²) >= 11 is 0. The molecule has 0 aliphatic carbocycles. The molecule has 2 atom stereocenters. The Hall–Kier alpha value is -1.44. The summed E-state index contributed by atoms with van der Waals surface area (Å²) in [7, 11) is 0. The molecule has 2 saturated heterocycles. The Kier molecular flexibility index (Phi) is 4.75. The van der Waals surface area contributed by atoms with Crippen molar-refractivity contribution < 1.29 is 9.47 Å². The second-order valence-corrected chi connectivity index (χ2v) is 5.97. The summed E-state index contributed by atoms with van der Waals surface area (Å²) < 4.78 is 11.0. The quantitative estimate of drug-likeness (QED) is 0.865. The van der Waals surface area contributed by atoms with Crippen LogP contribution < -0.4 is 15.5 Å². The Labute approximate surface area is 131 Å². The van der Waals surface area contributed by atoms with Gasteiger partial charge in [-0.05, 0) is 13.8 Å². The van der Waals surface area contributed by atoms with E-state index in [1.807, 2.05) is 0 Å². The van der Waals surface area contributed by atoms with Gasteiger partial charge in [0, 0.05) is 31.7 Å². The van der Waals surface area contributed by atoms with Crippen LogP contribution in [0.1, 0.15) is 19.5 Å². The lowest BCUT2D eigenvalue weighted by atomic mass is 10.2. The number of rotatable bonds is 3. The minimum atomic E-state index is 0.307. The molecule has 0 amide bonds. The molecule has 3 rings (SSSR count). The molecule has 0 spiro atoms. The molecule has 22 heavy (non-hydrogen) atoms. The highest BCUT2D eigenvalue weighted by Crippen LogP contribution is 2.27. The van der Waals surface area contributed by atoms with Crippen LogP contribution in [0.15, 0.2) is 6.07 Å². The Bertz CT molecular complexity index is 513. The predicted molar refractivity (Wildman–Crippen MR) is 85.2 cm³/mol. The molecule has 2 aliphatic rings. The van der Waals surface area contributed by atoms with E-state index in [2.05, 4.69) is 39.9 Å². The van der Waals surface area contributed by atoms with Gasteiger partial charge in [0.05, 0.1) is 38.2 Å². The summed E-state index contributed by atoms with van der Waals surface area (Å²) in [6.45, 7) is 9.33. The van der Waals surface area contributed by atoms with E-state index < -0.39 is 0 Å². The fraction of sp³-hybridized carbons (Fsp3) is 0.733. The van der Waals surface area contributed by atoms with E-state index in [0.717, 1.165) is 56.7 Å². The first-order valence-electron chi connectivity index (χ1n) is 7.96. The number of hydrogen-bond acceptors (Lipinski definition) is 7. The number of morpholine rings is 2. The molecule has 0 aromatic carbocycles. The highest BCUT2D eigenvalue weighted by Gasteiger charge is 2.25. The molecule has 0 radical (unpaired) electrons. The van der Waals surface area contributed by atoms with Gasteiger partial charge in [0.2, 0.25) is 0 Å². The van der Waals surface area contributed by atoms with Crippen molar-refractivity contribution in [3.05, 3.63) is 11.8 Å². The van der Waals surface area contributed by atoms with Gasteiger partial charge in [0.15, 0.2) is 5.82 Å². The Morgan fingerprint density at radius 3 is 2.32 bits per heavy atom. The first kappa shape index (κ1) is 15.5. The molecule has 2 fully saturated rings. The molecule has 0 saturated carbocycles. The van der Waals surface area contributed by atoms with E-state index in [0.29, 0.717) is 18.6 Å². The largest absolute Gasteiger partial charge is 0.377 e. The van der Waals surface area contributed by atoms with Crippen molar-refractivity contribution in [1.29, 1.82) is 0 Å². The minimum Gasteiger partial charge on any atom is -0.377 e. The first-order valence-corrected chi connectivity index (χ1v) is 7.96. The number of nitrogens with two attached hydrogens (primary N) is 1. The zero-order valence-electron chi connectivity index (χ0n) is 13.4. The number of nitrogens with zero attached hydrogens (tertiary/aromatic N) is 4. The van der Waals surface area contributed by atoms with Crippen LogP contribution in [0.3, 0.4) is 0 Å². The molecule has 0 unspecified atom stereocenters. The summed E-state index contributed by atoms with van der Waals surface area (Å²) in [4.78, 5) is 4.58. The number of ether oxygens (including phenoxy) is 2. The Morgan fingerprint density at radius 2 is 1.73 bits per heavy atom. The minimum absolute atomic E-state index is 0.307. The standard InChI is InChI=1S/C15H25N5O2/c1-11-9-21-5-3-19(11)14-7-15(18-17-13(14)8-16)20-4-6-22-10-12(20)2/h7,11-12H,3-6,8-10,16H2,1-2H3/t11-,12-/m1/s1. The normalized spacial score (nSPS) is 26.3. The maximum atomic E-state index is 5.86. The van der Waals surface area contributed by atoms with Gasteiger partial charge in [-0.2, -0.15) is 0 Å². The third-order valence-electron chi connectivity index (χ3n) is 4.37. The number of aromatic nitrogens is 2. The van der Waals surface area contributed by atoms with Crippen molar-refractivity contribution >= 4 is 11.5 Å². The third kappa shape index (κ3) is 3.02. The molecular formula is C15H25N5O2. The zero-order chi connectivity index (χ0) is 15.5. The van der Waals surface area contributed by atoms with Crippen molar-refractivity contribution in [2.24, 2.45) is 5.73 Å². The summed E-state index contributed by atoms with van der Waals surface area (Å²) in [6, 6.07) is 2.75. The van der Waals surface area contributed by atoms with E-state index in [4.69, 9.17) is 15.2 Å². The second kappa shape index (κ2) is 6.76. The van der Waals surface area contributed by atoms with E-state index in [-0.39, 0.29) is 0 Å². The highest BCUT2D eigenvalue weighted by molar-refractivity contribution is 5.59. The average Bonchev–Trinajstić information content (AvgIpc) is 2.55. The van der Waals surface area contributed by atoms with Crippen LogP contribution >= 0.6 is 0 Å². The molecule has 2 aliphatic heterocycles. The Morgan fingerprint density at radius 1 is 1.09 bits per heavy atom. The van der Waals surface area contributed by atoms with E-state index in [9.17, 15) is 0 Å². The van der Waals surface area contributed by atoms with Crippen LogP contribution in [-0.2, 0) is 16.0 Å². The van der Waals surface area contributed by atoms with Gasteiger partial charge in [0.25, 0.3) is 0 Å². The zero-order valence-corrected chi connectivity index (χ0v) is 13.4. The SMILES string of the molecule is C[C@@H]1COCCN1c1cc(N2CCOC[C@H]2C)c(CN)nn1. The molecule has 7 nitrogen and oxygen atoms in total. The number of hydrogen-bond donors (Lipinski definition) is 1. The van der Waals surface area contributed by atoms with Gasteiger partial charge in [0.1, 0.15) is 5.69 Å². The van der Waals surface area contributed by atoms with Crippen molar-refractivity contribution in [2.75, 3.05) is 49.3 Å². The van der Waals surface area contributed by atoms with Crippen LogP contribution in [-0.4, -0.2) is 61.8 Å². The predicted octanol–water partition coefficient (Wildman–Crippen LogP) is 0.386. The average molecular weight is 307 g/mol. The molecule has 0 bridgehead atoms. The summed E-state index contributed by atoms with van der Waals surface area (Å²) in [5.41, 5.74) is 7.80. The van der Waals surface area contributed by atoms with Gasteiger partial charge in [-0.1, -0.05) is 0 Å². The van der Waals surface area contributed by atoms with Gasteiger partial charge in [-0.15, -0.1) is 10.2 Å². The lowest BCUT2D eigenvalue weighted by Crippen LogP contribution is -2.46. The van der Waals surface area contributed by atoms with Crippen molar-refractivity contribution in [3.8, 4) is 0 Å². The monoisotopic (exact) mass is 307 g/mol. The molecule has 3 heterocycles. The molecule has 122 valence electrons. The van der Waals surface area contributed by atoms with Crippen LogP contribution in [0.4, 0.5) is 11.5 Å². The van der Waals surface area contributed by atoms with Gasteiger partial charge in [-0.3, -0.25) is 0 Å². The Balaban J connectivity index is 1.91. The lowest BCUT2D eigenvalue weighted by Gasteiger charge is -2.38. The highest BCUT2D eigenvalue weighted by atomic mass is 16.5. The number of anilines is 2. The van der Waals surface area contributed by atoms with E-state index in [1.54, 1.807) is 0 Å². The molecule has 7 heteroatoms. The smallest absolute Gasteiger partial charge is 0.153 e. The van der Waals surface area contributed by atoms with Crippen LogP contribution in [0.25, 0.3) is 0 Å². The molecule has 1 aromatic rings. The topological polar surface area (TPSA) is 76.7 Å². The molecular weight excluding hydrogens is 282 g/mol. The van der Waals surface area contributed by atoms with Crippen molar-refractivity contribution in [2.45, 2.75) is 32.5 Å². The maximum Gasteiger partial charge on any atom is 0.153 e. The van der Waals surface area contributed by atoms with Crippen LogP contribution in [0, 0.1) is 0 Å². The van der Waals surface area contributed by atoms with Gasteiger partial charge < -0.3 is 25.0 Å². The summed E-state index contributed by atoms with van der Waals surface area (Å²) in [5, 5.41) is 8.76. The van der Waals surface area contributed by atoms with Crippen LogP contribution in [0.5, 0.6) is 0 Å².